The maximum atomic E-state index is 6.52. The molecule has 0 radical (unpaired) electrons. The Kier molecular flexibility index (Phi) is 21.9. The van der Waals surface area contributed by atoms with Crippen molar-refractivity contribution in [1.29, 1.82) is 0 Å². The van der Waals surface area contributed by atoms with Crippen molar-refractivity contribution >= 4 is 54.3 Å². The van der Waals surface area contributed by atoms with Crippen molar-refractivity contribution in [1.82, 2.24) is 4.57 Å². The second-order valence-corrected chi connectivity index (χ2v) is 22.2. The molecular formula is C53H91B3LiNO7. The third-order valence-corrected chi connectivity index (χ3v) is 14.8. The Balaban J connectivity index is 0.000000525. The summed E-state index contributed by atoms with van der Waals surface area (Å²) >= 11 is 0. The molecule has 4 heterocycles. The number of hydrogen-bond donors (Lipinski definition) is 0. The minimum Gasteiger partial charge on any atom is -0.399 e. The zero-order chi connectivity index (χ0) is 47.7. The van der Waals surface area contributed by atoms with Gasteiger partial charge in [0, 0.05) is 34.5 Å². The fourth-order valence-electron chi connectivity index (χ4n) is 8.30. The molecule has 65 heavy (non-hydrogen) atoms. The molecule has 360 valence electrons. The Bertz CT molecular complexity index is 1750. The molecule has 6 rings (SSSR count). The van der Waals surface area contributed by atoms with E-state index in [2.05, 4.69) is 124 Å². The van der Waals surface area contributed by atoms with E-state index in [1.165, 1.54) is 105 Å². The molecule has 1 unspecified atom stereocenters. The normalized spacial score (nSPS) is 20.4. The van der Waals surface area contributed by atoms with Crippen LogP contribution in [0.25, 0.3) is 21.8 Å². The number of benzene rings is 2. The zero-order valence-corrected chi connectivity index (χ0v) is 45.0. The van der Waals surface area contributed by atoms with Gasteiger partial charge < -0.3 is 44.1 Å². The smallest absolute Gasteiger partial charge is 0.399 e. The molecule has 1 atom stereocenters. The van der Waals surface area contributed by atoms with E-state index in [9.17, 15) is 0 Å². The standard InChI is InChI=1S/C40H63B2NO4.C9H19BO3.C4H9.Li/c1-11-13-15-17-18-20-22-30(21-19-16-14-12-2)29-43-35-27-31(41-44-37(3,4)38(5,6)45-41)23-25-33(35)34-26-24-32(28-36(34)43)42-46-39(7,8)40(9,10)47-42;1-7(2)11-10-12-8(3,4)9(5,6)13-10;1-3-4-2;/h23-28,30H,11-22,29H2,1-10H3;7H,1-6H3;1,3-4H2,2H3;/q;;-1;+1. The molecule has 12 heteroatoms. The summed E-state index contributed by atoms with van der Waals surface area (Å²) in [5.41, 5.74) is 2.59. The summed E-state index contributed by atoms with van der Waals surface area (Å²) in [4.78, 5) is 0. The SMILES string of the molecule is CC(C)OB1OC(C)(C)C(C)(C)O1.CCCCCCCCC(CCCCCC)Cn1c2cc(B3OC(C)(C)C(C)(C)O3)ccc2c2ccc(B3OC(C)(C)C(C)(C)O3)cc21.[CH2-]CCC.[Li+]. The molecule has 3 fully saturated rings. The average molecular weight is 894 g/mol. The van der Waals surface area contributed by atoms with Gasteiger partial charge in [-0.25, -0.2) is 0 Å². The minimum absolute atomic E-state index is 0. The second-order valence-electron chi connectivity index (χ2n) is 22.2. The van der Waals surface area contributed by atoms with Crippen LogP contribution in [0.1, 0.15) is 208 Å². The largest absolute Gasteiger partial charge is 1.00 e. The first-order chi connectivity index (χ1) is 29.9. The van der Waals surface area contributed by atoms with Crippen LogP contribution >= 0.6 is 0 Å². The molecule has 8 nitrogen and oxygen atoms in total. The van der Waals surface area contributed by atoms with Gasteiger partial charge in [0.2, 0.25) is 0 Å². The van der Waals surface area contributed by atoms with Gasteiger partial charge in [0.25, 0.3) is 0 Å². The number of fused-ring (bicyclic) bond motifs is 3. The van der Waals surface area contributed by atoms with Gasteiger partial charge in [-0.1, -0.05) is 116 Å². The van der Waals surface area contributed by atoms with Crippen molar-refractivity contribution in [3.05, 3.63) is 43.3 Å². The molecule has 3 aliphatic rings. The molecule has 3 aliphatic heterocycles. The predicted molar refractivity (Wildman–Crippen MR) is 274 cm³/mol. The number of nitrogens with zero attached hydrogens (tertiary/aromatic N) is 1. The summed E-state index contributed by atoms with van der Waals surface area (Å²) in [6, 6.07) is 13.7. The number of rotatable bonds is 19. The summed E-state index contributed by atoms with van der Waals surface area (Å²) < 4.78 is 45.4. The van der Waals surface area contributed by atoms with Crippen molar-refractivity contribution in [2.75, 3.05) is 0 Å². The third-order valence-electron chi connectivity index (χ3n) is 14.8. The van der Waals surface area contributed by atoms with Crippen molar-refractivity contribution in [2.45, 2.75) is 254 Å². The Labute approximate surface area is 411 Å². The minimum atomic E-state index is -0.523. The van der Waals surface area contributed by atoms with Gasteiger partial charge in [0.1, 0.15) is 0 Å². The molecule has 0 aliphatic carbocycles. The summed E-state index contributed by atoms with van der Waals surface area (Å²) in [6.45, 7) is 40.4. The average Bonchev–Trinajstić information content (AvgIpc) is 3.79. The molecule has 0 bridgehead atoms. The third kappa shape index (κ3) is 14.9. The molecule has 0 amide bonds. The van der Waals surface area contributed by atoms with Crippen LogP contribution in [-0.2, 0) is 39.1 Å². The molecule has 3 aromatic rings. The van der Waals surface area contributed by atoms with Crippen LogP contribution in [0, 0.1) is 12.8 Å². The molecule has 0 saturated carbocycles. The summed E-state index contributed by atoms with van der Waals surface area (Å²) in [7, 11) is -1.29. The summed E-state index contributed by atoms with van der Waals surface area (Å²) in [5.74, 6) is 0.637. The first-order valence-corrected chi connectivity index (χ1v) is 25.4. The fraction of sp³-hybridized carbons (Fsp3) is 0.755. The van der Waals surface area contributed by atoms with Gasteiger partial charge in [-0.05, 0) is 139 Å². The van der Waals surface area contributed by atoms with E-state index in [1.807, 2.05) is 41.5 Å². The van der Waals surface area contributed by atoms with E-state index < -0.39 is 7.32 Å². The Morgan fingerprint density at radius 2 is 0.862 bits per heavy atom. The maximum absolute atomic E-state index is 6.52. The first-order valence-electron chi connectivity index (χ1n) is 25.4. The number of hydrogen-bond acceptors (Lipinski definition) is 7. The predicted octanol–water partition coefficient (Wildman–Crippen LogP) is 10.4. The van der Waals surface area contributed by atoms with E-state index >= 15 is 0 Å². The van der Waals surface area contributed by atoms with Crippen LogP contribution < -0.4 is 29.8 Å². The molecule has 3 saturated heterocycles. The fourth-order valence-corrected chi connectivity index (χ4v) is 8.30. The van der Waals surface area contributed by atoms with Gasteiger partial charge >= 0.3 is 40.4 Å². The molecule has 1 aromatic heterocycles. The molecule has 0 spiro atoms. The van der Waals surface area contributed by atoms with Crippen molar-refractivity contribution in [2.24, 2.45) is 5.92 Å². The quantitative estimate of drug-likeness (QED) is 0.0675. The Morgan fingerprint density at radius 1 is 0.523 bits per heavy atom. The van der Waals surface area contributed by atoms with Crippen LogP contribution in [0.2, 0.25) is 0 Å². The Hall–Kier alpha value is -1.25. The van der Waals surface area contributed by atoms with Gasteiger partial charge in [-0.15, -0.1) is 0 Å². The Morgan fingerprint density at radius 3 is 1.22 bits per heavy atom. The van der Waals surface area contributed by atoms with Crippen molar-refractivity contribution in [3.8, 4) is 0 Å². The monoisotopic (exact) mass is 894 g/mol. The van der Waals surface area contributed by atoms with Crippen LogP contribution in [0.4, 0.5) is 0 Å². The second kappa shape index (κ2) is 24.5. The van der Waals surface area contributed by atoms with Crippen LogP contribution in [0.15, 0.2) is 36.4 Å². The van der Waals surface area contributed by atoms with Crippen molar-refractivity contribution in [3.63, 3.8) is 0 Å². The summed E-state index contributed by atoms with van der Waals surface area (Å²) in [5, 5.41) is 2.56. The van der Waals surface area contributed by atoms with E-state index in [0.29, 0.717) is 5.92 Å². The van der Waals surface area contributed by atoms with Crippen LogP contribution in [0.5, 0.6) is 0 Å². The van der Waals surface area contributed by atoms with Gasteiger partial charge in [-0.2, -0.15) is 6.42 Å². The van der Waals surface area contributed by atoms with E-state index in [4.69, 9.17) is 32.6 Å². The van der Waals surface area contributed by atoms with Gasteiger partial charge in [0.05, 0.1) is 33.6 Å². The summed E-state index contributed by atoms with van der Waals surface area (Å²) in [6.07, 6.45) is 18.3. The zero-order valence-electron chi connectivity index (χ0n) is 45.0. The first kappa shape index (κ1) is 58.1. The topological polar surface area (TPSA) is 69.5 Å². The van der Waals surface area contributed by atoms with Gasteiger partial charge in [-0.3, -0.25) is 0 Å². The maximum Gasteiger partial charge on any atom is 1.00 e. The molecular weight excluding hydrogens is 802 g/mol. The number of unbranched alkanes of at least 4 members (excludes halogenated alkanes) is 9. The van der Waals surface area contributed by atoms with E-state index in [1.54, 1.807) is 0 Å². The van der Waals surface area contributed by atoms with E-state index in [0.717, 1.165) is 23.9 Å². The van der Waals surface area contributed by atoms with Crippen LogP contribution in [-0.4, -0.2) is 65.8 Å². The molecule has 2 aromatic carbocycles. The van der Waals surface area contributed by atoms with E-state index in [-0.39, 0.29) is 72.8 Å². The number of aromatic nitrogens is 1. The van der Waals surface area contributed by atoms with Crippen molar-refractivity contribution < 1.29 is 51.4 Å². The molecule has 0 N–H and O–H groups in total. The van der Waals surface area contributed by atoms with Crippen LogP contribution in [0.3, 0.4) is 0 Å². The van der Waals surface area contributed by atoms with Gasteiger partial charge in [0.15, 0.2) is 0 Å².